The number of nitrogens with two attached hydrogens (primary N) is 1. The molecule has 1 rings (SSSR count). The molecule has 1 aliphatic rings. The largest absolute Gasteiger partial charge is 0.468 e. The molecule has 0 spiro atoms. The molecule has 2 unspecified atom stereocenters. The van der Waals surface area contributed by atoms with Crippen LogP contribution < -0.4 is 5.73 Å². The Labute approximate surface area is 73.3 Å². The second kappa shape index (κ2) is 3.44. The van der Waals surface area contributed by atoms with Crippen molar-refractivity contribution in [1.82, 2.24) is 0 Å². The lowest BCUT2D eigenvalue weighted by Crippen LogP contribution is -2.46. The standard InChI is InChI=1S/C9H17NO2/c1-3-7-4-5-9(10,6-7)8(11)12-2/h7H,3-6,10H2,1-2H3. The van der Waals surface area contributed by atoms with Crippen molar-refractivity contribution in [1.29, 1.82) is 0 Å². The third kappa shape index (κ3) is 1.61. The molecule has 0 amide bonds. The smallest absolute Gasteiger partial charge is 0.325 e. The fourth-order valence-electron chi connectivity index (χ4n) is 1.92. The predicted octanol–water partition coefficient (Wildman–Crippen LogP) is 1.07. The molecule has 12 heavy (non-hydrogen) atoms. The minimum atomic E-state index is -0.685. The Hall–Kier alpha value is -0.570. The summed E-state index contributed by atoms with van der Waals surface area (Å²) in [6, 6.07) is 0. The number of hydrogen-bond donors (Lipinski definition) is 1. The highest BCUT2D eigenvalue weighted by molar-refractivity contribution is 5.80. The number of carbonyl (C=O) groups excluding carboxylic acids is 1. The van der Waals surface area contributed by atoms with Gasteiger partial charge in [-0.25, -0.2) is 0 Å². The molecule has 1 fully saturated rings. The normalized spacial score (nSPS) is 35.1. The fraction of sp³-hybridized carbons (Fsp3) is 0.889. The van der Waals surface area contributed by atoms with Crippen LogP contribution >= 0.6 is 0 Å². The average Bonchev–Trinajstić information content (AvgIpc) is 2.47. The molecule has 3 nitrogen and oxygen atoms in total. The number of ether oxygens (including phenoxy) is 1. The number of rotatable bonds is 2. The lowest BCUT2D eigenvalue weighted by Gasteiger charge is -2.20. The number of methoxy groups -OCH3 is 1. The third-order valence-electron chi connectivity index (χ3n) is 2.82. The molecular weight excluding hydrogens is 154 g/mol. The van der Waals surface area contributed by atoms with E-state index in [1.54, 1.807) is 0 Å². The summed E-state index contributed by atoms with van der Waals surface area (Å²) in [4.78, 5) is 11.3. The van der Waals surface area contributed by atoms with Gasteiger partial charge in [-0.15, -0.1) is 0 Å². The lowest BCUT2D eigenvalue weighted by molar-refractivity contribution is -0.146. The second-order valence-electron chi connectivity index (χ2n) is 3.66. The first kappa shape index (κ1) is 9.52. The van der Waals surface area contributed by atoms with Crippen molar-refractivity contribution in [3.63, 3.8) is 0 Å². The van der Waals surface area contributed by atoms with Crippen LogP contribution in [-0.2, 0) is 9.53 Å². The van der Waals surface area contributed by atoms with E-state index >= 15 is 0 Å². The predicted molar refractivity (Wildman–Crippen MR) is 46.6 cm³/mol. The van der Waals surface area contributed by atoms with Gasteiger partial charge in [-0.2, -0.15) is 0 Å². The van der Waals surface area contributed by atoms with Crippen LogP contribution in [-0.4, -0.2) is 18.6 Å². The van der Waals surface area contributed by atoms with Gasteiger partial charge in [0.2, 0.25) is 0 Å². The molecule has 0 saturated heterocycles. The van der Waals surface area contributed by atoms with Crippen LogP contribution in [0.1, 0.15) is 32.6 Å². The summed E-state index contributed by atoms with van der Waals surface area (Å²) in [7, 11) is 1.40. The summed E-state index contributed by atoms with van der Waals surface area (Å²) in [5, 5.41) is 0. The van der Waals surface area contributed by atoms with E-state index in [4.69, 9.17) is 5.73 Å². The van der Waals surface area contributed by atoms with Gasteiger partial charge in [0.25, 0.3) is 0 Å². The lowest BCUT2D eigenvalue weighted by atomic mass is 9.96. The Balaban J connectivity index is 2.57. The van der Waals surface area contributed by atoms with Crippen molar-refractivity contribution >= 4 is 5.97 Å². The monoisotopic (exact) mass is 171 g/mol. The Morgan fingerprint density at radius 2 is 2.42 bits per heavy atom. The first-order chi connectivity index (χ1) is 5.62. The van der Waals surface area contributed by atoms with Gasteiger partial charge in [0.15, 0.2) is 0 Å². The van der Waals surface area contributed by atoms with Crippen LogP contribution in [0.15, 0.2) is 0 Å². The molecule has 1 aliphatic carbocycles. The first-order valence-electron chi connectivity index (χ1n) is 4.49. The molecule has 70 valence electrons. The Morgan fingerprint density at radius 3 is 2.83 bits per heavy atom. The summed E-state index contributed by atoms with van der Waals surface area (Å²) in [5.41, 5.74) is 5.22. The van der Waals surface area contributed by atoms with E-state index in [1.807, 2.05) is 0 Å². The van der Waals surface area contributed by atoms with Crippen LogP contribution in [0.3, 0.4) is 0 Å². The number of carbonyl (C=O) groups is 1. The van der Waals surface area contributed by atoms with E-state index in [1.165, 1.54) is 7.11 Å². The van der Waals surface area contributed by atoms with Gasteiger partial charge in [0.1, 0.15) is 5.54 Å². The highest BCUT2D eigenvalue weighted by atomic mass is 16.5. The number of hydrogen-bond acceptors (Lipinski definition) is 3. The highest BCUT2D eigenvalue weighted by Gasteiger charge is 2.42. The highest BCUT2D eigenvalue weighted by Crippen LogP contribution is 2.35. The van der Waals surface area contributed by atoms with Crippen molar-refractivity contribution in [2.45, 2.75) is 38.1 Å². The van der Waals surface area contributed by atoms with Crippen LogP contribution in [0.2, 0.25) is 0 Å². The van der Waals surface area contributed by atoms with E-state index < -0.39 is 5.54 Å². The van der Waals surface area contributed by atoms with Crippen molar-refractivity contribution < 1.29 is 9.53 Å². The molecule has 2 N–H and O–H groups in total. The molecule has 0 aromatic heterocycles. The van der Waals surface area contributed by atoms with Crippen LogP contribution in [0.4, 0.5) is 0 Å². The van der Waals surface area contributed by atoms with Crippen molar-refractivity contribution in [2.75, 3.05) is 7.11 Å². The molecule has 3 heteroatoms. The Bertz CT molecular complexity index is 181. The number of esters is 1. The minimum absolute atomic E-state index is 0.251. The zero-order valence-electron chi connectivity index (χ0n) is 7.80. The van der Waals surface area contributed by atoms with Gasteiger partial charge in [0, 0.05) is 0 Å². The van der Waals surface area contributed by atoms with Gasteiger partial charge in [0.05, 0.1) is 7.11 Å². The Kier molecular flexibility index (Phi) is 2.73. The topological polar surface area (TPSA) is 52.3 Å². The maximum Gasteiger partial charge on any atom is 0.325 e. The molecule has 1 saturated carbocycles. The van der Waals surface area contributed by atoms with Gasteiger partial charge >= 0.3 is 5.97 Å². The summed E-state index contributed by atoms with van der Waals surface area (Å²) < 4.78 is 4.67. The summed E-state index contributed by atoms with van der Waals surface area (Å²) >= 11 is 0. The van der Waals surface area contributed by atoms with E-state index in [-0.39, 0.29) is 5.97 Å². The molecular formula is C9H17NO2. The molecule has 2 atom stereocenters. The molecule has 0 heterocycles. The van der Waals surface area contributed by atoms with Crippen molar-refractivity contribution in [3.8, 4) is 0 Å². The van der Waals surface area contributed by atoms with Crippen LogP contribution in [0.5, 0.6) is 0 Å². The van der Waals surface area contributed by atoms with Crippen molar-refractivity contribution in [2.24, 2.45) is 11.7 Å². The molecule has 0 aliphatic heterocycles. The first-order valence-corrected chi connectivity index (χ1v) is 4.49. The van der Waals surface area contributed by atoms with E-state index in [0.717, 1.165) is 25.7 Å². The van der Waals surface area contributed by atoms with Gasteiger partial charge in [-0.3, -0.25) is 4.79 Å². The fourth-order valence-corrected chi connectivity index (χ4v) is 1.92. The van der Waals surface area contributed by atoms with Crippen molar-refractivity contribution in [3.05, 3.63) is 0 Å². The summed E-state index contributed by atoms with van der Waals surface area (Å²) in [6.07, 6.45) is 3.73. The quantitative estimate of drug-likeness (QED) is 0.632. The SMILES string of the molecule is CCC1CCC(N)(C(=O)OC)C1. The zero-order valence-corrected chi connectivity index (χ0v) is 7.80. The molecule has 0 aromatic rings. The van der Waals surface area contributed by atoms with E-state index in [9.17, 15) is 4.79 Å². The molecule has 0 aromatic carbocycles. The maximum absolute atomic E-state index is 11.3. The van der Waals surface area contributed by atoms with Gasteiger partial charge in [-0.1, -0.05) is 13.3 Å². The van der Waals surface area contributed by atoms with E-state index in [2.05, 4.69) is 11.7 Å². The van der Waals surface area contributed by atoms with Crippen LogP contribution in [0, 0.1) is 5.92 Å². The van der Waals surface area contributed by atoms with Gasteiger partial charge in [-0.05, 0) is 25.2 Å². The average molecular weight is 171 g/mol. The maximum atomic E-state index is 11.3. The summed E-state index contributed by atoms with van der Waals surface area (Å²) in [6.45, 7) is 2.13. The zero-order chi connectivity index (χ0) is 9.19. The summed E-state index contributed by atoms with van der Waals surface area (Å²) in [5.74, 6) is 0.354. The van der Waals surface area contributed by atoms with Gasteiger partial charge < -0.3 is 10.5 Å². The second-order valence-corrected chi connectivity index (χ2v) is 3.66. The van der Waals surface area contributed by atoms with E-state index in [0.29, 0.717) is 5.92 Å². The molecule has 0 bridgehead atoms. The molecule has 0 radical (unpaired) electrons. The third-order valence-corrected chi connectivity index (χ3v) is 2.82. The van der Waals surface area contributed by atoms with Crippen LogP contribution in [0.25, 0.3) is 0 Å². The minimum Gasteiger partial charge on any atom is -0.468 e. The Morgan fingerprint density at radius 1 is 1.75 bits per heavy atom.